The van der Waals surface area contributed by atoms with Crippen molar-refractivity contribution in [3.05, 3.63) is 73.3 Å². The number of anilines is 2. The largest absolute Gasteiger partial charge is 0.374 e. The Balaban J connectivity index is 2.06. The SMILES string of the molecule is CC(=O)N(c1ccccc1)C1CNc2c([N+](=O)[O-])ccc3[nH]c(=O)c(=O)n1c23. The third kappa shape index (κ3) is 2.54. The summed E-state index contributed by atoms with van der Waals surface area (Å²) in [4.78, 5) is 52.0. The van der Waals surface area contributed by atoms with Crippen molar-refractivity contribution < 1.29 is 9.72 Å². The van der Waals surface area contributed by atoms with Crippen molar-refractivity contribution in [2.24, 2.45) is 0 Å². The number of rotatable bonds is 3. The second kappa shape index (κ2) is 6.34. The van der Waals surface area contributed by atoms with Gasteiger partial charge in [0.05, 0.1) is 17.0 Å². The number of aromatic nitrogens is 2. The Labute approximate surface area is 157 Å². The second-order valence-electron chi connectivity index (χ2n) is 6.33. The van der Waals surface area contributed by atoms with E-state index in [2.05, 4.69) is 10.3 Å². The van der Waals surface area contributed by atoms with Crippen molar-refractivity contribution in [3.8, 4) is 0 Å². The molecule has 0 saturated carbocycles. The molecule has 0 saturated heterocycles. The van der Waals surface area contributed by atoms with Crippen molar-refractivity contribution in [1.82, 2.24) is 9.55 Å². The highest BCUT2D eigenvalue weighted by Gasteiger charge is 2.34. The molecular formula is C18H15N5O5. The zero-order valence-electron chi connectivity index (χ0n) is 14.7. The van der Waals surface area contributed by atoms with Crippen LogP contribution < -0.4 is 21.3 Å². The highest BCUT2D eigenvalue weighted by Crippen LogP contribution is 2.37. The zero-order chi connectivity index (χ0) is 20.0. The van der Waals surface area contributed by atoms with Gasteiger partial charge in [0.15, 0.2) is 0 Å². The summed E-state index contributed by atoms with van der Waals surface area (Å²) in [6.45, 7) is 1.37. The molecule has 0 spiro atoms. The van der Waals surface area contributed by atoms with Gasteiger partial charge in [-0.25, -0.2) is 0 Å². The summed E-state index contributed by atoms with van der Waals surface area (Å²) in [5.41, 5.74) is -0.866. The lowest BCUT2D eigenvalue weighted by molar-refractivity contribution is -0.383. The quantitative estimate of drug-likeness (QED) is 0.402. The summed E-state index contributed by atoms with van der Waals surface area (Å²) in [6.07, 6.45) is -0.869. The van der Waals surface area contributed by atoms with Gasteiger partial charge in [0.25, 0.3) is 5.69 Å². The van der Waals surface area contributed by atoms with E-state index in [0.29, 0.717) is 5.69 Å². The van der Waals surface area contributed by atoms with Crippen LogP contribution in [-0.4, -0.2) is 26.9 Å². The lowest BCUT2D eigenvalue weighted by atomic mass is 10.1. The number of carbonyl (C=O) groups excluding carboxylic acids is 1. The maximum absolute atomic E-state index is 12.7. The highest BCUT2D eigenvalue weighted by molar-refractivity contribution is 5.96. The lowest BCUT2D eigenvalue weighted by Gasteiger charge is -2.36. The van der Waals surface area contributed by atoms with Crippen molar-refractivity contribution in [2.75, 3.05) is 16.8 Å². The summed E-state index contributed by atoms with van der Waals surface area (Å²) in [5.74, 6) is -0.341. The Hall–Kier alpha value is -3.95. The van der Waals surface area contributed by atoms with Crippen LogP contribution in [-0.2, 0) is 4.79 Å². The average molecular weight is 381 g/mol. The van der Waals surface area contributed by atoms with Gasteiger partial charge in [-0.2, -0.15) is 0 Å². The third-order valence-corrected chi connectivity index (χ3v) is 4.69. The molecule has 0 bridgehead atoms. The van der Waals surface area contributed by atoms with Crippen LogP contribution in [0.1, 0.15) is 13.1 Å². The Morgan fingerprint density at radius 1 is 1.21 bits per heavy atom. The predicted molar refractivity (Wildman–Crippen MR) is 103 cm³/mol. The predicted octanol–water partition coefficient (Wildman–Crippen LogP) is 1.58. The Morgan fingerprint density at radius 3 is 2.57 bits per heavy atom. The minimum atomic E-state index is -0.886. The fourth-order valence-corrected chi connectivity index (χ4v) is 3.57. The fraction of sp³-hybridized carbons (Fsp3) is 0.167. The Kier molecular flexibility index (Phi) is 3.95. The number of H-pyrrole nitrogens is 1. The van der Waals surface area contributed by atoms with Gasteiger partial charge in [0, 0.05) is 18.7 Å². The Bertz CT molecular complexity index is 1230. The number of amides is 1. The number of carbonyl (C=O) groups is 1. The molecule has 2 heterocycles. The van der Waals surface area contributed by atoms with E-state index < -0.39 is 22.2 Å². The number of benzene rings is 2. The van der Waals surface area contributed by atoms with Gasteiger partial charge >= 0.3 is 11.1 Å². The number of nitro benzene ring substituents is 1. The minimum Gasteiger partial charge on any atom is -0.374 e. The highest BCUT2D eigenvalue weighted by atomic mass is 16.6. The standard InChI is InChI=1S/C18H15N5O5/c1-10(24)21(11-5-3-2-4-6-11)14-9-19-15-13(23(27)28)8-7-12-16(15)22(14)18(26)17(25)20-12/h2-8,14,19H,9H2,1H3,(H,20,25). The van der Waals surface area contributed by atoms with E-state index in [4.69, 9.17) is 0 Å². The molecular weight excluding hydrogens is 366 g/mol. The summed E-state index contributed by atoms with van der Waals surface area (Å²) in [6, 6.07) is 11.3. The Morgan fingerprint density at radius 2 is 1.93 bits per heavy atom. The van der Waals surface area contributed by atoms with Gasteiger partial charge in [-0.3, -0.25) is 34.0 Å². The monoisotopic (exact) mass is 381 g/mol. The van der Waals surface area contributed by atoms with Gasteiger partial charge in [-0.1, -0.05) is 18.2 Å². The lowest BCUT2D eigenvalue weighted by Crippen LogP contribution is -2.50. The molecule has 0 radical (unpaired) electrons. The van der Waals surface area contributed by atoms with Crippen LogP contribution in [0.5, 0.6) is 0 Å². The van der Waals surface area contributed by atoms with Gasteiger partial charge in [0.2, 0.25) is 5.91 Å². The van der Waals surface area contributed by atoms with Crippen molar-refractivity contribution in [2.45, 2.75) is 13.1 Å². The second-order valence-corrected chi connectivity index (χ2v) is 6.33. The number of nitrogens with one attached hydrogen (secondary N) is 2. The van der Waals surface area contributed by atoms with Crippen molar-refractivity contribution in [1.29, 1.82) is 0 Å². The molecule has 1 aromatic heterocycles. The van der Waals surface area contributed by atoms with E-state index in [1.807, 2.05) is 0 Å². The van der Waals surface area contributed by atoms with Crippen molar-refractivity contribution >= 4 is 34.0 Å². The summed E-state index contributed by atoms with van der Waals surface area (Å²) in [7, 11) is 0. The van der Waals surface area contributed by atoms with Crippen LogP contribution in [0.15, 0.2) is 52.1 Å². The topological polar surface area (TPSA) is 130 Å². The molecule has 1 atom stereocenters. The number of nitro groups is 1. The van der Waals surface area contributed by atoms with E-state index in [9.17, 15) is 24.5 Å². The van der Waals surface area contributed by atoms with Gasteiger partial charge in [-0.15, -0.1) is 0 Å². The normalized spacial score (nSPS) is 15.1. The summed E-state index contributed by atoms with van der Waals surface area (Å²) < 4.78 is 1.15. The first-order valence-corrected chi connectivity index (χ1v) is 8.45. The van der Waals surface area contributed by atoms with E-state index in [0.717, 1.165) is 4.57 Å². The summed E-state index contributed by atoms with van der Waals surface area (Å²) in [5, 5.41) is 14.4. The molecule has 0 fully saturated rings. The van der Waals surface area contributed by atoms with Crippen molar-refractivity contribution in [3.63, 3.8) is 0 Å². The number of aromatic amines is 1. The van der Waals surface area contributed by atoms with Gasteiger partial charge < -0.3 is 10.3 Å². The number of hydrogen-bond donors (Lipinski definition) is 2. The summed E-state index contributed by atoms with van der Waals surface area (Å²) >= 11 is 0. The minimum absolute atomic E-state index is 0.0186. The van der Waals surface area contributed by atoms with E-state index >= 15 is 0 Å². The number of hydrogen-bond acceptors (Lipinski definition) is 6. The van der Waals surface area contributed by atoms with Crippen LogP contribution in [0, 0.1) is 10.1 Å². The molecule has 2 N–H and O–H groups in total. The van der Waals surface area contributed by atoms with E-state index in [1.165, 1.54) is 24.0 Å². The molecule has 1 unspecified atom stereocenters. The molecule has 10 nitrogen and oxygen atoms in total. The molecule has 142 valence electrons. The molecule has 1 aliphatic rings. The molecule has 0 aliphatic carbocycles. The van der Waals surface area contributed by atoms with Gasteiger partial charge in [-0.05, 0) is 18.2 Å². The van der Waals surface area contributed by atoms with Crippen LogP contribution >= 0.6 is 0 Å². The first-order chi connectivity index (χ1) is 13.4. The fourth-order valence-electron chi connectivity index (χ4n) is 3.57. The van der Waals surface area contributed by atoms with Crippen LogP contribution in [0.2, 0.25) is 0 Å². The van der Waals surface area contributed by atoms with E-state index in [-0.39, 0.29) is 34.9 Å². The smallest absolute Gasteiger partial charge is 0.318 e. The first kappa shape index (κ1) is 17.5. The van der Waals surface area contributed by atoms with E-state index in [1.54, 1.807) is 30.3 Å². The maximum atomic E-state index is 12.7. The number of para-hydroxylation sites is 1. The third-order valence-electron chi connectivity index (χ3n) is 4.69. The molecule has 4 rings (SSSR count). The first-order valence-electron chi connectivity index (χ1n) is 8.45. The molecule has 28 heavy (non-hydrogen) atoms. The molecule has 10 heteroatoms. The van der Waals surface area contributed by atoms with Crippen LogP contribution in [0.3, 0.4) is 0 Å². The molecule has 3 aromatic rings. The molecule has 1 amide bonds. The van der Waals surface area contributed by atoms with Crippen LogP contribution in [0.25, 0.3) is 11.0 Å². The molecule has 2 aromatic carbocycles. The van der Waals surface area contributed by atoms with Gasteiger partial charge in [0.1, 0.15) is 17.4 Å². The average Bonchev–Trinajstić information content (AvgIpc) is 2.67. The maximum Gasteiger partial charge on any atom is 0.318 e. The zero-order valence-corrected chi connectivity index (χ0v) is 14.7. The van der Waals surface area contributed by atoms with Crippen LogP contribution in [0.4, 0.5) is 17.1 Å². The molecule has 1 aliphatic heterocycles. The number of nitrogens with zero attached hydrogens (tertiary/aromatic N) is 3.